The summed E-state index contributed by atoms with van der Waals surface area (Å²) < 4.78 is 5.10. The van der Waals surface area contributed by atoms with Crippen LogP contribution in [0.1, 0.15) is 30.9 Å². The molecule has 0 atom stereocenters. The number of rotatable bonds is 10. The van der Waals surface area contributed by atoms with E-state index in [1.807, 2.05) is 6.92 Å². The first kappa shape index (κ1) is 23.3. The maximum absolute atomic E-state index is 12.6. The number of nitrogens with one attached hydrogen (secondary N) is 2. The van der Waals surface area contributed by atoms with E-state index in [0.717, 1.165) is 18.4 Å². The van der Waals surface area contributed by atoms with Crippen LogP contribution < -0.4 is 15.4 Å². The summed E-state index contributed by atoms with van der Waals surface area (Å²) in [7, 11) is 1.57. The maximum atomic E-state index is 12.6. The standard InChI is InChI=1S/C23H25N3O5/c1-3-4-14-24-23(28)21(16-18-6-5-7-19(15-18)26(29)30)25-22(27)13-10-17-8-11-20(31-2)12-9-17/h5-13,15-16H,3-4,14H2,1-2H3,(H,24,28)(H,25,27)/b13-10+,21-16+. The molecule has 0 aliphatic carbocycles. The SMILES string of the molecule is CCCCNC(=O)/C(=C\c1cccc([N+](=O)[O-])c1)NC(=O)/C=C/c1ccc(OC)cc1. The number of benzene rings is 2. The molecule has 0 aliphatic rings. The summed E-state index contributed by atoms with van der Waals surface area (Å²) in [6.45, 7) is 2.46. The number of nitro benzene ring substituents is 1. The summed E-state index contributed by atoms with van der Waals surface area (Å²) in [6, 6.07) is 12.9. The van der Waals surface area contributed by atoms with Gasteiger partial charge in [0.1, 0.15) is 11.4 Å². The van der Waals surface area contributed by atoms with Crippen LogP contribution in [0, 0.1) is 10.1 Å². The molecule has 0 heterocycles. The normalized spacial score (nSPS) is 11.2. The van der Waals surface area contributed by atoms with Crippen molar-refractivity contribution >= 4 is 29.7 Å². The number of unbranched alkanes of at least 4 members (excludes halogenated alkanes) is 1. The van der Waals surface area contributed by atoms with Gasteiger partial charge < -0.3 is 15.4 Å². The molecule has 2 aromatic carbocycles. The van der Waals surface area contributed by atoms with Crippen LogP contribution >= 0.6 is 0 Å². The molecule has 2 amide bonds. The van der Waals surface area contributed by atoms with E-state index in [4.69, 9.17) is 4.74 Å². The molecule has 8 heteroatoms. The van der Waals surface area contributed by atoms with Gasteiger partial charge in [0.2, 0.25) is 5.91 Å². The number of ether oxygens (including phenoxy) is 1. The number of hydrogen-bond acceptors (Lipinski definition) is 5. The number of non-ortho nitro benzene ring substituents is 1. The smallest absolute Gasteiger partial charge is 0.270 e. The van der Waals surface area contributed by atoms with Crippen LogP contribution in [-0.2, 0) is 9.59 Å². The number of nitro groups is 1. The Morgan fingerprint density at radius 1 is 1.13 bits per heavy atom. The van der Waals surface area contributed by atoms with E-state index in [1.54, 1.807) is 43.5 Å². The number of nitrogens with zero attached hydrogens (tertiary/aromatic N) is 1. The van der Waals surface area contributed by atoms with Crippen molar-refractivity contribution in [3.63, 3.8) is 0 Å². The van der Waals surface area contributed by atoms with Crippen molar-refractivity contribution in [3.05, 3.63) is 81.5 Å². The van der Waals surface area contributed by atoms with E-state index in [1.165, 1.54) is 30.4 Å². The fraction of sp³-hybridized carbons (Fsp3) is 0.217. The lowest BCUT2D eigenvalue weighted by Gasteiger charge is -2.10. The van der Waals surface area contributed by atoms with E-state index < -0.39 is 16.7 Å². The van der Waals surface area contributed by atoms with E-state index in [0.29, 0.717) is 17.9 Å². The van der Waals surface area contributed by atoms with Crippen molar-refractivity contribution in [2.45, 2.75) is 19.8 Å². The number of methoxy groups -OCH3 is 1. The molecule has 0 unspecified atom stereocenters. The van der Waals surface area contributed by atoms with Gasteiger partial charge in [0, 0.05) is 24.8 Å². The van der Waals surface area contributed by atoms with Gasteiger partial charge in [-0.2, -0.15) is 0 Å². The molecule has 0 radical (unpaired) electrons. The van der Waals surface area contributed by atoms with E-state index in [2.05, 4.69) is 10.6 Å². The molecule has 0 bridgehead atoms. The maximum Gasteiger partial charge on any atom is 0.270 e. The van der Waals surface area contributed by atoms with Crippen LogP contribution in [0.5, 0.6) is 5.75 Å². The second kappa shape index (κ2) is 11.9. The van der Waals surface area contributed by atoms with Crippen molar-refractivity contribution in [2.24, 2.45) is 0 Å². The van der Waals surface area contributed by atoms with Gasteiger partial charge in [-0.05, 0) is 41.8 Å². The largest absolute Gasteiger partial charge is 0.497 e. The monoisotopic (exact) mass is 423 g/mol. The summed E-state index contributed by atoms with van der Waals surface area (Å²) in [4.78, 5) is 35.4. The Labute approximate surface area is 180 Å². The van der Waals surface area contributed by atoms with Gasteiger partial charge in [0.25, 0.3) is 11.6 Å². The second-order valence-corrected chi connectivity index (χ2v) is 6.62. The van der Waals surface area contributed by atoms with E-state index in [-0.39, 0.29) is 11.4 Å². The van der Waals surface area contributed by atoms with Crippen molar-refractivity contribution in [3.8, 4) is 5.75 Å². The third-order valence-electron chi connectivity index (χ3n) is 4.25. The molecule has 2 N–H and O–H groups in total. The first-order chi connectivity index (χ1) is 14.9. The molecule has 0 spiro atoms. The predicted octanol–water partition coefficient (Wildman–Crippen LogP) is 3.69. The number of amides is 2. The Hall–Kier alpha value is -3.94. The third-order valence-corrected chi connectivity index (χ3v) is 4.25. The zero-order valence-electron chi connectivity index (χ0n) is 17.5. The zero-order valence-corrected chi connectivity index (χ0v) is 17.5. The highest BCUT2D eigenvalue weighted by atomic mass is 16.6. The Kier molecular flexibility index (Phi) is 8.97. The van der Waals surface area contributed by atoms with Crippen LogP contribution in [0.25, 0.3) is 12.2 Å². The average Bonchev–Trinajstić information content (AvgIpc) is 2.78. The molecule has 31 heavy (non-hydrogen) atoms. The molecule has 0 aliphatic heterocycles. The second-order valence-electron chi connectivity index (χ2n) is 6.62. The minimum absolute atomic E-state index is 0.000909. The highest BCUT2D eigenvalue weighted by molar-refractivity contribution is 6.04. The molecule has 2 rings (SSSR count). The van der Waals surface area contributed by atoms with E-state index >= 15 is 0 Å². The third kappa shape index (κ3) is 7.77. The van der Waals surface area contributed by atoms with Gasteiger partial charge >= 0.3 is 0 Å². The van der Waals surface area contributed by atoms with Crippen LogP contribution in [0.4, 0.5) is 5.69 Å². The molecule has 8 nitrogen and oxygen atoms in total. The lowest BCUT2D eigenvalue weighted by molar-refractivity contribution is -0.384. The Morgan fingerprint density at radius 3 is 2.52 bits per heavy atom. The molecule has 162 valence electrons. The number of carbonyl (C=O) groups excluding carboxylic acids is 2. The molecule has 0 aromatic heterocycles. The van der Waals surface area contributed by atoms with Gasteiger partial charge in [-0.3, -0.25) is 19.7 Å². The van der Waals surface area contributed by atoms with Gasteiger partial charge in [-0.1, -0.05) is 37.6 Å². The van der Waals surface area contributed by atoms with Gasteiger partial charge in [0.15, 0.2) is 0 Å². The first-order valence-electron chi connectivity index (χ1n) is 9.80. The summed E-state index contributed by atoms with van der Waals surface area (Å²) >= 11 is 0. The topological polar surface area (TPSA) is 111 Å². The average molecular weight is 423 g/mol. The highest BCUT2D eigenvalue weighted by Gasteiger charge is 2.13. The highest BCUT2D eigenvalue weighted by Crippen LogP contribution is 2.16. The van der Waals surface area contributed by atoms with Gasteiger partial charge in [0.05, 0.1) is 12.0 Å². The van der Waals surface area contributed by atoms with Crippen molar-refractivity contribution in [2.75, 3.05) is 13.7 Å². The number of hydrogen-bond donors (Lipinski definition) is 2. The minimum atomic E-state index is -0.519. The van der Waals surface area contributed by atoms with Crippen LogP contribution in [0.3, 0.4) is 0 Å². The molecule has 2 aromatic rings. The van der Waals surface area contributed by atoms with Gasteiger partial charge in [-0.15, -0.1) is 0 Å². The number of carbonyl (C=O) groups is 2. The Bertz CT molecular complexity index is 981. The minimum Gasteiger partial charge on any atom is -0.497 e. The Morgan fingerprint density at radius 2 is 1.87 bits per heavy atom. The molecular weight excluding hydrogens is 398 g/mol. The van der Waals surface area contributed by atoms with Crippen LogP contribution in [0.2, 0.25) is 0 Å². The quantitative estimate of drug-likeness (QED) is 0.262. The summed E-state index contributed by atoms with van der Waals surface area (Å²) in [5.74, 6) is -0.267. The van der Waals surface area contributed by atoms with Crippen molar-refractivity contribution in [1.29, 1.82) is 0 Å². The first-order valence-corrected chi connectivity index (χ1v) is 9.80. The predicted molar refractivity (Wildman–Crippen MR) is 119 cm³/mol. The summed E-state index contributed by atoms with van der Waals surface area (Å²) in [6.07, 6.45) is 6.02. The molecular formula is C23H25N3O5. The summed E-state index contributed by atoms with van der Waals surface area (Å²) in [5.41, 5.74) is 1.10. The fourth-order valence-corrected chi connectivity index (χ4v) is 2.59. The zero-order chi connectivity index (χ0) is 22.6. The molecule has 0 saturated heterocycles. The molecule has 0 fully saturated rings. The van der Waals surface area contributed by atoms with Crippen molar-refractivity contribution in [1.82, 2.24) is 10.6 Å². The molecule has 0 saturated carbocycles. The van der Waals surface area contributed by atoms with E-state index in [9.17, 15) is 19.7 Å². The van der Waals surface area contributed by atoms with Crippen LogP contribution in [-0.4, -0.2) is 30.4 Å². The summed E-state index contributed by atoms with van der Waals surface area (Å²) in [5, 5.41) is 16.3. The Balaban J connectivity index is 2.19. The van der Waals surface area contributed by atoms with Crippen molar-refractivity contribution < 1.29 is 19.2 Å². The lowest BCUT2D eigenvalue weighted by Crippen LogP contribution is -2.34. The van der Waals surface area contributed by atoms with Crippen LogP contribution in [0.15, 0.2) is 60.3 Å². The lowest BCUT2D eigenvalue weighted by atomic mass is 10.1. The van der Waals surface area contributed by atoms with Gasteiger partial charge in [-0.25, -0.2) is 0 Å². The fourth-order valence-electron chi connectivity index (χ4n) is 2.59.